The minimum Gasteiger partial charge on any atom is -0.497 e. The highest BCUT2D eigenvalue weighted by Gasteiger charge is 2.17. The van der Waals surface area contributed by atoms with Gasteiger partial charge in [-0.2, -0.15) is 0 Å². The van der Waals surface area contributed by atoms with Crippen LogP contribution in [-0.2, 0) is 0 Å². The smallest absolute Gasteiger partial charge is 0.139 e. The van der Waals surface area contributed by atoms with Gasteiger partial charge >= 0.3 is 0 Å². The van der Waals surface area contributed by atoms with E-state index in [-0.39, 0.29) is 0 Å². The first-order chi connectivity index (χ1) is 10.4. The van der Waals surface area contributed by atoms with E-state index in [4.69, 9.17) is 9.15 Å². The van der Waals surface area contributed by atoms with E-state index in [1.165, 1.54) is 32.3 Å². The summed E-state index contributed by atoms with van der Waals surface area (Å²) < 4.78 is 11.5. The molecule has 21 heavy (non-hydrogen) atoms. The number of benzene rings is 4. The van der Waals surface area contributed by atoms with Crippen LogP contribution in [0.4, 0.5) is 0 Å². The van der Waals surface area contributed by atoms with E-state index < -0.39 is 0 Å². The van der Waals surface area contributed by atoms with Gasteiger partial charge in [-0.05, 0) is 33.7 Å². The molecule has 0 bridgehead atoms. The first-order valence-electron chi connectivity index (χ1n) is 7.00. The van der Waals surface area contributed by atoms with Gasteiger partial charge in [0.1, 0.15) is 16.9 Å². The molecule has 0 aliphatic heterocycles. The van der Waals surface area contributed by atoms with E-state index >= 15 is 0 Å². The zero-order chi connectivity index (χ0) is 14.0. The fourth-order valence-electron chi connectivity index (χ4n) is 3.43. The maximum Gasteiger partial charge on any atom is 0.139 e. The molecular formula is C19H12O2. The van der Waals surface area contributed by atoms with Crippen molar-refractivity contribution in [1.82, 2.24) is 0 Å². The van der Waals surface area contributed by atoms with Crippen molar-refractivity contribution in [1.29, 1.82) is 0 Å². The van der Waals surface area contributed by atoms with Crippen molar-refractivity contribution < 1.29 is 9.15 Å². The second kappa shape index (κ2) is 3.67. The van der Waals surface area contributed by atoms with E-state index in [1.54, 1.807) is 7.11 Å². The van der Waals surface area contributed by atoms with E-state index in [9.17, 15) is 0 Å². The largest absolute Gasteiger partial charge is 0.497 e. The van der Waals surface area contributed by atoms with Gasteiger partial charge < -0.3 is 9.15 Å². The van der Waals surface area contributed by atoms with Gasteiger partial charge in [-0.3, -0.25) is 0 Å². The fraction of sp³-hybridized carbons (Fsp3) is 0.0526. The molecule has 5 rings (SSSR count). The molecule has 0 saturated carbocycles. The van der Waals surface area contributed by atoms with Crippen LogP contribution in [0.2, 0.25) is 0 Å². The summed E-state index contributed by atoms with van der Waals surface area (Å²) in [5.41, 5.74) is 1.83. The lowest BCUT2D eigenvalue weighted by molar-refractivity contribution is 0.415. The summed E-state index contributed by atoms with van der Waals surface area (Å²) in [6, 6.07) is 18.8. The quantitative estimate of drug-likeness (QED) is 0.384. The van der Waals surface area contributed by atoms with Crippen molar-refractivity contribution >= 4 is 43.5 Å². The van der Waals surface area contributed by atoms with Crippen LogP contribution in [0.3, 0.4) is 0 Å². The molecule has 100 valence electrons. The first kappa shape index (κ1) is 11.0. The molecule has 0 fully saturated rings. The van der Waals surface area contributed by atoms with Gasteiger partial charge in [-0.25, -0.2) is 0 Å². The van der Waals surface area contributed by atoms with Crippen LogP contribution in [0.1, 0.15) is 0 Å². The standard InChI is InChI=1S/C19H12O2/c1-20-11-9-15-13-6-3-2-5-12(13)14-7-4-8-16-18(14)19(15)17(10-11)21-16/h2-10H,1H3. The van der Waals surface area contributed by atoms with Crippen LogP contribution >= 0.6 is 0 Å². The Bertz CT molecular complexity index is 1120. The van der Waals surface area contributed by atoms with Crippen LogP contribution in [-0.4, -0.2) is 7.11 Å². The Balaban J connectivity index is 2.24. The van der Waals surface area contributed by atoms with Gasteiger partial charge in [0.05, 0.1) is 7.11 Å². The predicted octanol–water partition coefficient (Wildman–Crippen LogP) is 5.34. The highest BCUT2D eigenvalue weighted by molar-refractivity contribution is 6.33. The van der Waals surface area contributed by atoms with Gasteiger partial charge in [0.25, 0.3) is 0 Å². The number of ether oxygens (including phenoxy) is 1. The summed E-state index contributed by atoms with van der Waals surface area (Å²) in [6.07, 6.45) is 0. The van der Waals surface area contributed by atoms with Crippen LogP contribution < -0.4 is 4.74 Å². The second-order valence-corrected chi connectivity index (χ2v) is 5.37. The summed E-state index contributed by atoms with van der Waals surface area (Å²) in [7, 11) is 1.69. The third-order valence-electron chi connectivity index (χ3n) is 4.31. The Kier molecular flexibility index (Phi) is 1.92. The van der Waals surface area contributed by atoms with E-state index in [0.29, 0.717) is 0 Å². The molecule has 1 aromatic heterocycles. The lowest BCUT2D eigenvalue weighted by Gasteiger charge is -2.08. The Morgan fingerprint density at radius 2 is 1.43 bits per heavy atom. The average Bonchev–Trinajstić information content (AvgIpc) is 2.92. The molecule has 0 aliphatic rings. The highest BCUT2D eigenvalue weighted by atomic mass is 16.5. The third-order valence-corrected chi connectivity index (χ3v) is 4.31. The predicted molar refractivity (Wildman–Crippen MR) is 86.5 cm³/mol. The van der Waals surface area contributed by atoms with Crippen LogP contribution in [0.5, 0.6) is 5.75 Å². The van der Waals surface area contributed by atoms with Crippen molar-refractivity contribution in [2.45, 2.75) is 0 Å². The second-order valence-electron chi connectivity index (χ2n) is 5.37. The van der Waals surface area contributed by atoms with Gasteiger partial charge in [0.2, 0.25) is 0 Å². The molecule has 0 saturated heterocycles. The molecule has 4 aromatic carbocycles. The summed E-state index contributed by atoms with van der Waals surface area (Å²) in [5.74, 6) is 0.829. The summed E-state index contributed by atoms with van der Waals surface area (Å²) >= 11 is 0. The van der Waals surface area contributed by atoms with Crippen molar-refractivity contribution in [2.24, 2.45) is 0 Å². The van der Waals surface area contributed by atoms with E-state index in [1.807, 2.05) is 12.1 Å². The molecule has 2 nitrogen and oxygen atoms in total. The maximum atomic E-state index is 6.05. The molecule has 0 atom stereocenters. The molecule has 0 N–H and O–H groups in total. The molecule has 0 amide bonds. The number of fused-ring (bicyclic) bond motifs is 3. The Morgan fingerprint density at radius 1 is 0.714 bits per heavy atom. The molecule has 1 heterocycles. The molecule has 0 unspecified atom stereocenters. The topological polar surface area (TPSA) is 22.4 Å². The zero-order valence-electron chi connectivity index (χ0n) is 11.5. The monoisotopic (exact) mass is 272 g/mol. The minimum absolute atomic E-state index is 0.829. The van der Waals surface area contributed by atoms with Crippen LogP contribution in [0.15, 0.2) is 59.0 Å². The van der Waals surface area contributed by atoms with Gasteiger partial charge in [-0.15, -0.1) is 0 Å². The number of rotatable bonds is 1. The van der Waals surface area contributed by atoms with Gasteiger partial charge in [0, 0.05) is 16.8 Å². The minimum atomic E-state index is 0.829. The SMILES string of the molecule is COc1cc2oc3cccc4c5ccccc5c(c1)c2c34. The molecule has 0 spiro atoms. The summed E-state index contributed by atoms with van der Waals surface area (Å²) in [5, 5.41) is 7.34. The third kappa shape index (κ3) is 1.27. The lowest BCUT2D eigenvalue weighted by atomic mass is 9.94. The Hall–Kier alpha value is -2.74. The van der Waals surface area contributed by atoms with Crippen molar-refractivity contribution in [3.05, 3.63) is 54.6 Å². The van der Waals surface area contributed by atoms with E-state index in [2.05, 4.69) is 42.5 Å². The Morgan fingerprint density at radius 3 is 2.24 bits per heavy atom. The fourth-order valence-corrected chi connectivity index (χ4v) is 3.43. The molecule has 5 aromatic rings. The Labute approximate surface area is 120 Å². The van der Waals surface area contributed by atoms with E-state index in [0.717, 1.165) is 16.9 Å². The molecule has 0 radical (unpaired) electrons. The van der Waals surface area contributed by atoms with Crippen molar-refractivity contribution in [3.63, 3.8) is 0 Å². The van der Waals surface area contributed by atoms with Gasteiger partial charge in [-0.1, -0.05) is 36.4 Å². The zero-order valence-corrected chi connectivity index (χ0v) is 11.5. The normalized spacial score (nSPS) is 12.0. The highest BCUT2D eigenvalue weighted by Crippen LogP contribution is 2.43. The van der Waals surface area contributed by atoms with Crippen molar-refractivity contribution in [3.8, 4) is 5.75 Å². The number of furan rings is 1. The van der Waals surface area contributed by atoms with Gasteiger partial charge in [0.15, 0.2) is 0 Å². The molecular weight excluding hydrogens is 260 g/mol. The van der Waals surface area contributed by atoms with Crippen LogP contribution in [0.25, 0.3) is 43.5 Å². The summed E-state index contributed by atoms with van der Waals surface area (Å²) in [6.45, 7) is 0. The molecule has 0 aliphatic carbocycles. The first-order valence-corrected chi connectivity index (χ1v) is 7.00. The van der Waals surface area contributed by atoms with Crippen molar-refractivity contribution in [2.75, 3.05) is 7.11 Å². The molecule has 2 heteroatoms. The number of methoxy groups -OCH3 is 1. The summed E-state index contributed by atoms with van der Waals surface area (Å²) in [4.78, 5) is 0. The lowest BCUT2D eigenvalue weighted by Crippen LogP contribution is -1.85. The average molecular weight is 272 g/mol. The maximum absolute atomic E-state index is 6.05. The number of hydrogen-bond acceptors (Lipinski definition) is 2. The van der Waals surface area contributed by atoms with Crippen LogP contribution in [0, 0.1) is 0 Å². The number of hydrogen-bond donors (Lipinski definition) is 0.